The molecule has 1 heterocycles. The third-order valence-electron chi connectivity index (χ3n) is 2.57. The van der Waals surface area contributed by atoms with E-state index in [0.717, 1.165) is 13.1 Å². The van der Waals surface area contributed by atoms with Crippen molar-refractivity contribution in [1.82, 2.24) is 15.0 Å². The Morgan fingerprint density at radius 2 is 1.95 bits per heavy atom. The molecule has 1 amide bonds. The molecular weight excluding hydrogens is 246 g/mol. The second-order valence-corrected chi connectivity index (χ2v) is 3.99. The number of carbonyl (C=O) groups is 1. The molecular formula is C11H21N7O. The van der Waals surface area contributed by atoms with E-state index in [1.807, 2.05) is 18.7 Å². The molecule has 106 valence electrons. The molecule has 1 aromatic heterocycles. The number of nitrogens with two attached hydrogens (primary N) is 2. The van der Waals surface area contributed by atoms with Crippen molar-refractivity contribution in [2.45, 2.75) is 26.7 Å². The number of nitrogens with zero attached hydrogens (tertiary/aromatic N) is 4. The first kappa shape index (κ1) is 14.9. The van der Waals surface area contributed by atoms with Crippen LogP contribution in [0.5, 0.6) is 0 Å². The smallest absolute Gasteiger partial charge is 0.231 e. The Kier molecular flexibility index (Phi) is 5.77. The quantitative estimate of drug-likeness (QED) is 0.565. The van der Waals surface area contributed by atoms with Crippen LogP contribution in [0.1, 0.15) is 26.7 Å². The van der Waals surface area contributed by atoms with E-state index in [0.29, 0.717) is 31.3 Å². The molecule has 0 saturated heterocycles. The van der Waals surface area contributed by atoms with Gasteiger partial charge in [0.15, 0.2) is 0 Å². The van der Waals surface area contributed by atoms with Gasteiger partial charge in [-0.2, -0.15) is 15.0 Å². The van der Waals surface area contributed by atoms with Crippen LogP contribution in [0.4, 0.5) is 17.8 Å². The lowest BCUT2D eigenvalue weighted by Crippen LogP contribution is -2.25. The lowest BCUT2D eigenvalue weighted by Gasteiger charge is -2.18. The van der Waals surface area contributed by atoms with Gasteiger partial charge in [0.2, 0.25) is 23.8 Å². The van der Waals surface area contributed by atoms with Crippen molar-refractivity contribution in [1.29, 1.82) is 0 Å². The van der Waals surface area contributed by atoms with Crippen molar-refractivity contribution in [3.05, 3.63) is 0 Å². The number of aromatic nitrogens is 3. The fourth-order valence-electron chi connectivity index (χ4n) is 1.57. The highest BCUT2D eigenvalue weighted by molar-refractivity contribution is 5.73. The van der Waals surface area contributed by atoms with E-state index in [4.69, 9.17) is 11.5 Å². The second kappa shape index (κ2) is 7.34. The van der Waals surface area contributed by atoms with Crippen molar-refractivity contribution >= 4 is 23.8 Å². The average molecular weight is 267 g/mol. The summed E-state index contributed by atoms with van der Waals surface area (Å²) in [5, 5.41) is 3.01. The molecule has 8 nitrogen and oxygen atoms in total. The lowest BCUT2D eigenvalue weighted by molar-refractivity contribution is -0.118. The van der Waals surface area contributed by atoms with Gasteiger partial charge in [-0.25, -0.2) is 0 Å². The van der Waals surface area contributed by atoms with E-state index < -0.39 is 0 Å². The Hall–Kier alpha value is -2.12. The van der Waals surface area contributed by atoms with Crippen molar-refractivity contribution in [2.24, 2.45) is 5.73 Å². The molecule has 0 saturated carbocycles. The molecule has 1 aromatic rings. The summed E-state index contributed by atoms with van der Waals surface area (Å²) in [7, 11) is 0. The van der Waals surface area contributed by atoms with Gasteiger partial charge in [-0.15, -0.1) is 0 Å². The summed E-state index contributed by atoms with van der Waals surface area (Å²) in [6, 6.07) is 0. The number of hydrogen-bond acceptors (Lipinski definition) is 7. The first-order valence-electron chi connectivity index (χ1n) is 6.35. The van der Waals surface area contributed by atoms with Crippen LogP contribution >= 0.6 is 0 Å². The van der Waals surface area contributed by atoms with Gasteiger partial charge in [0.05, 0.1) is 0 Å². The molecule has 0 aliphatic carbocycles. The van der Waals surface area contributed by atoms with E-state index in [9.17, 15) is 4.79 Å². The number of carbonyl (C=O) groups excluding carboxylic acids is 1. The Morgan fingerprint density at radius 1 is 1.26 bits per heavy atom. The molecule has 8 heteroatoms. The molecule has 0 radical (unpaired) electrons. The summed E-state index contributed by atoms with van der Waals surface area (Å²) in [6.07, 6.45) is 0.956. The van der Waals surface area contributed by atoms with E-state index >= 15 is 0 Å². The van der Waals surface area contributed by atoms with Crippen LogP contribution in [-0.4, -0.2) is 40.5 Å². The fourth-order valence-corrected chi connectivity index (χ4v) is 1.57. The predicted octanol–water partition coefficient (Wildman–Crippen LogP) is -0.0226. The third kappa shape index (κ3) is 4.94. The van der Waals surface area contributed by atoms with Gasteiger partial charge in [0.1, 0.15) is 0 Å². The monoisotopic (exact) mass is 267 g/mol. The normalized spacial score (nSPS) is 10.2. The van der Waals surface area contributed by atoms with Crippen LogP contribution in [0.25, 0.3) is 0 Å². The van der Waals surface area contributed by atoms with Crippen LogP contribution in [-0.2, 0) is 4.79 Å². The number of hydrogen-bond donors (Lipinski definition) is 3. The number of primary amides is 1. The van der Waals surface area contributed by atoms with Crippen molar-refractivity contribution in [3.63, 3.8) is 0 Å². The molecule has 1 rings (SSSR count). The van der Waals surface area contributed by atoms with Gasteiger partial charge in [-0.05, 0) is 20.3 Å². The first-order chi connectivity index (χ1) is 9.06. The zero-order valence-electron chi connectivity index (χ0n) is 11.4. The van der Waals surface area contributed by atoms with Crippen LogP contribution < -0.4 is 21.7 Å². The lowest BCUT2D eigenvalue weighted by atomic mass is 10.3. The van der Waals surface area contributed by atoms with Crippen LogP contribution in [0.15, 0.2) is 0 Å². The summed E-state index contributed by atoms with van der Waals surface area (Å²) in [5.41, 5.74) is 10.7. The third-order valence-corrected chi connectivity index (χ3v) is 2.57. The molecule has 0 bridgehead atoms. The van der Waals surface area contributed by atoms with Crippen LogP contribution in [0, 0.1) is 0 Å². The molecule has 0 aliphatic heterocycles. The number of rotatable bonds is 8. The van der Waals surface area contributed by atoms with Crippen LogP contribution in [0.2, 0.25) is 0 Å². The molecule has 0 aliphatic rings. The molecule has 0 atom stereocenters. The maximum Gasteiger partial charge on any atom is 0.231 e. The SMILES string of the molecule is CCN(CC)c1nc(N)nc(NCCCC(N)=O)n1. The first-order valence-corrected chi connectivity index (χ1v) is 6.35. The van der Waals surface area contributed by atoms with Gasteiger partial charge in [0, 0.05) is 26.1 Å². The number of nitrogens with one attached hydrogen (secondary N) is 1. The summed E-state index contributed by atoms with van der Waals surface area (Å²) in [4.78, 5) is 25.0. The van der Waals surface area contributed by atoms with Crippen molar-refractivity contribution in [2.75, 3.05) is 35.6 Å². The minimum atomic E-state index is -0.319. The van der Waals surface area contributed by atoms with Crippen molar-refractivity contribution < 1.29 is 4.79 Å². The molecule has 0 fully saturated rings. The van der Waals surface area contributed by atoms with Gasteiger partial charge in [-0.1, -0.05) is 0 Å². The molecule has 0 spiro atoms. The highest BCUT2D eigenvalue weighted by atomic mass is 16.1. The predicted molar refractivity (Wildman–Crippen MR) is 74.7 cm³/mol. The summed E-state index contributed by atoms with van der Waals surface area (Å²) < 4.78 is 0. The summed E-state index contributed by atoms with van der Waals surface area (Å²) >= 11 is 0. The Bertz CT molecular complexity index is 420. The Labute approximate surface area is 112 Å². The van der Waals surface area contributed by atoms with Crippen LogP contribution in [0.3, 0.4) is 0 Å². The minimum Gasteiger partial charge on any atom is -0.370 e. The van der Waals surface area contributed by atoms with Gasteiger partial charge in [0.25, 0.3) is 0 Å². The zero-order chi connectivity index (χ0) is 14.3. The van der Waals surface area contributed by atoms with E-state index in [2.05, 4.69) is 20.3 Å². The molecule has 5 N–H and O–H groups in total. The average Bonchev–Trinajstić information content (AvgIpc) is 2.35. The fraction of sp³-hybridized carbons (Fsp3) is 0.636. The maximum atomic E-state index is 10.6. The van der Waals surface area contributed by atoms with Gasteiger partial charge >= 0.3 is 0 Å². The highest BCUT2D eigenvalue weighted by Crippen LogP contribution is 2.11. The number of nitrogen functional groups attached to an aromatic ring is 1. The Balaban J connectivity index is 2.65. The summed E-state index contributed by atoms with van der Waals surface area (Å²) in [5.74, 6) is 0.823. The standard InChI is InChI=1S/C11H21N7O/c1-3-18(4-2)11-16-9(13)15-10(17-11)14-7-5-6-8(12)19/h3-7H2,1-2H3,(H2,12,19)(H3,13,14,15,16,17). The summed E-state index contributed by atoms with van der Waals surface area (Å²) in [6.45, 7) is 6.18. The maximum absolute atomic E-state index is 10.6. The highest BCUT2D eigenvalue weighted by Gasteiger charge is 2.09. The molecule has 19 heavy (non-hydrogen) atoms. The molecule has 0 unspecified atom stereocenters. The number of amides is 1. The minimum absolute atomic E-state index is 0.175. The largest absolute Gasteiger partial charge is 0.370 e. The van der Waals surface area contributed by atoms with Crippen molar-refractivity contribution in [3.8, 4) is 0 Å². The van der Waals surface area contributed by atoms with E-state index in [1.54, 1.807) is 0 Å². The second-order valence-electron chi connectivity index (χ2n) is 3.99. The number of anilines is 3. The zero-order valence-corrected chi connectivity index (χ0v) is 11.4. The van der Waals surface area contributed by atoms with E-state index in [1.165, 1.54) is 0 Å². The topological polar surface area (TPSA) is 123 Å². The van der Waals surface area contributed by atoms with Gasteiger partial charge in [-0.3, -0.25) is 4.79 Å². The van der Waals surface area contributed by atoms with E-state index in [-0.39, 0.29) is 11.9 Å². The van der Waals surface area contributed by atoms with Gasteiger partial charge < -0.3 is 21.7 Å². The Morgan fingerprint density at radius 3 is 2.53 bits per heavy atom. The molecule has 0 aromatic carbocycles.